The fraction of sp³-hybridized carbons (Fsp3) is 0.154. The van der Waals surface area contributed by atoms with Crippen LogP contribution in [-0.2, 0) is 0 Å². The van der Waals surface area contributed by atoms with Crippen molar-refractivity contribution in [3.63, 3.8) is 0 Å². The van der Waals surface area contributed by atoms with Gasteiger partial charge in [0, 0.05) is 17.0 Å². The summed E-state index contributed by atoms with van der Waals surface area (Å²) in [5.41, 5.74) is 2.21. The number of halogens is 3. The Bertz CT molecular complexity index is 638. The third-order valence-electron chi connectivity index (χ3n) is 2.51. The minimum atomic E-state index is -4.72. The predicted octanol–water partition coefficient (Wildman–Crippen LogP) is 3.76. The number of aromatic nitrogens is 1. The molecule has 0 amide bonds. The number of alkyl halides is 3. The highest BCUT2D eigenvalue weighted by molar-refractivity contribution is 5.64. The van der Waals surface area contributed by atoms with Crippen molar-refractivity contribution in [1.82, 2.24) is 4.98 Å². The van der Waals surface area contributed by atoms with Crippen molar-refractivity contribution in [3.8, 4) is 23.1 Å². The second kappa shape index (κ2) is 4.69. The summed E-state index contributed by atoms with van der Waals surface area (Å²) >= 11 is 0. The van der Waals surface area contributed by atoms with Gasteiger partial charge in [-0.2, -0.15) is 5.26 Å². The van der Waals surface area contributed by atoms with Crippen LogP contribution in [0, 0.1) is 18.3 Å². The lowest BCUT2D eigenvalue weighted by Gasteiger charge is -2.09. The fourth-order valence-corrected chi connectivity index (χ4v) is 1.69. The third kappa shape index (κ3) is 3.07. The average Bonchev–Trinajstić information content (AvgIpc) is 2.69. The molecule has 1 aromatic carbocycles. The van der Waals surface area contributed by atoms with Crippen molar-refractivity contribution in [2.75, 3.05) is 0 Å². The summed E-state index contributed by atoms with van der Waals surface area (Å²) in [7, 11) is 0. The average molecular weight is 266 g/mol. The van der Waals surface area contributed by atoms with Gasteiger partial charge in [0.15, 0.2) is 0 Å². The van der Waals surface area contributed by atoms with E-state index in [1.54, 1.807) is 19.1 Å². The van der Waals surface area contributed by atoms with Crippen LogP contribution < -0.4 is 4.74 Å². The summed E-state index contributed by atoms with van der Waals surface area (Å²) in [6, 6.07) is 9.16. The molecule has 3 nitrogen and oxygen atoms in total. The molecule has 0 aliphatic carbocycles. The number of H-pyrrole nitrogens is 1. The number of ether oxygens (including phenoxy) is 1. The van der Waals surface area contributed by atoms with Gasteiger partial charge in [0.05, 0.1) is 5.56 Å². The zero-order valence-electron chi connectivity index (χ0n) is 9.88. The van der Waals surface area contributed by atoms with Crippen molar-refractivity contribution in [2.24, 2.45) is 0 Å². The van der Waals surface area contributed by atoms with Crippen LogP contribution in [0.5, 0.6) is 5.75 Å². The molecule has 1 heterocycles. The van der Waals surface area contributed by atoms with E-state index in [0.717, 1.165) is 0 Å². The maximum Gasteiger partial charge on any atom is 0.573 e. The molecule has 0 aliphatic rings. The van der Waals surface area contributed by atoms with E-state index in [9.17, 15) is 13.2 Å². The van der Waals surface area contributed by atoms with Crippen LogP contribution >= 0.6 is 0 Å². The van der Waals surface area contributed by atoms with E-state index in [4.69, 9.17) is 5.26 Å². The molecule has 19 heavy (non-hydrogen) atoms. The largest absolute Gasteiger partial charge is 0.573 e. The molecule has 1 aromatic heterocycles. The molecule has 0 fully saturated rings. The van der Waals surface area contributed by atoms with E-state index in [1.165, 1.54) is 18.2 Å². The molecule has 98 valence electrons. The van der Waals surface area contributed by atoms with Gasteiger partial charge in [-0.05, 0) is 25.1 Å². The van der Waals surface area contributed by atoms with Gasteiger partial charge in [0.25, 0.3) is 0 Å². The van der Waals surface area contributed by atoms with Crippen LogP contribution in [0.4, 0.5) is 13.2 Å². The number of rotatable bonds is 2. The minimum Gasteiger partial charge on any atom is -0.406 e. The number of aryl methyl sites for hydroxylation is 1. The second-order valence-electron chi connectivity index (χ2n) is 3.91. The first-order valence-electron chi connectivity index (χ1n) is 5.35. The fourth-order valence-electron chi connectivity index (χ4n) is 1.69. The van der Waals surface area contributed by atoms with Crippen molar-refractivity contribution < 1.29 is 17.9 Å². The van der Waals surface area contributed by atoms with Gasteiger partial charge in [-0.1, -0.05) is 12.1 Å². The number of benzene rings is 1. The normalized spacial score (nSPS) is 11.1. The Morgan fingerprint density at radius 1 is 1.26 bits per heavy atom. The predicted molar refractivity (Wildman–Crippen MR) is 62.4 cm³/mol. The maximum absolute atomic E-state index is 12.1. The van der Waals surface area contributed by atoms with E-state index in [2.05, 4.69) is 9.72 Å². The first-order valence-corrected chi connectivity index (χ1v) is 5.35. The van der Waals surface area contributed by atoms with Crippen molar-refractivity contribution >= 4 is 0 Å². The van der Waals surface area contributed by atoms with Crippen LogP contribution in [0.1, 0.15) is 11.3 Å². The highest BCUT2D eigenvalue weighted by atomic mass is 19.4. The molecule has 0 aliphatic heterocycles. The number of nitriles is 1. The Labute approximate surface area is 107 Å². The number of nitrogens with zero attached hydrogens (tertiary/aromatic N) is 1. The second-order valence-corrected chi connectivity index (χ2v) is 3.91. The van der Waals surface area contributed by atoms with Crippen LogP contribution in [0.3, 0.4) is 0 Å². The lowest BCUT2D eigenvalue weighted by Crippen LogP contribution is -2.17. The molecule has 0 saturated carbocycles. The molecule has 0 atom stereocenters. The zero-order chi connectivity index (χ0) is 14.0. The Morgan fingerprint density at radius 2 is 2.00 bits per heavy atom. The Morgan fingerprint density at radius 3 is 2.58 bits per heavy atom. The topological polar surface area (TPSA) is 48.8 Å². The molecule has 0 unspecified atom stereocenters. The van der Waals surface area contributed by atoms with E-state index < -0.39 is 6.36 Å². The van der Waals surface area contributed by atoms with Gasteiger partial charge in [0.2, 0.25) is 0 Å². The Balaban J connectivity index is 2.35. The monoisotopic (exact) mass is 266 g/mol. The van der Waals surface area contributed by atoms with Gasteiger partial charge in [0.1, 0.15) is 11.8 Å². The van der Waals surface area contributed by atoms with Gasteiger partial charge >= 0.3 is 6.36 Å². The molecular formula is C13H9F3N2O. The van der Waals surface area contributed by atoms with E-state index in [1.807, 2.05) is 6.07 Å². The quantitative estimate of drug-likeness (QED) is 0.899. The smallest absolute Gasteiger partial charge is 0.406 e. The van der Waals surface area contributed by atoms with Crippen LogP contribution in [0.2, 0.25) is 0 Å². The van der Waals surface area contributed by atoms with Crippen LogP contribution in [0.25, 0.3) is 11.3 Å². The summed E-state index contributed by atoms with van der Waals surface area (Å²) < 4.78 is 40.2. The molecule has 2 rings (SSSR count). The van der Waals surface area contributed by atoms with Gasteiger partial charge < -0.3 is 9.72 Å². The molecule has 1 N–H and O–H groups in total. The van der Waals surface area contributed by atoms with Crippen molar-refractivity contribution in [1.29, 1.82) is 5.26 Å². The number of aromatic amines is 1. The Hall–Kier alpha value is -2.42. The lowest BCUT2D eigenvalue weighted by molar-refractivity contribution is -0.274. The molecule has 0 saturated heterocycles. The summed E-state index contributed by atoms with van der Waals surface area (Å²) in [6.45, 7) is 1.72. The molecule has 0 bridgehead atoms. The molecule has 6 heteroatoms. The molecule has 2 aromatic rings. The SMILES string of the molecule is Cc1[nH]c(-c2cccc(OC(F)(F)F)c2)cc1C#N. The summed E-state index contributed by atoms with van der Waals surface area (Å²) in [6.07, 6.45) is -4.72. The Kier molecular flexibility index (Phi) is 3.21. The number of hydrogen-bond donors (Lipinski definition) is 1. The van der Waals surface area contributed by atoms with Crippen molar-refractivity contribution in [3.05, 3.63) is 41.6 Å². The zero-order valence-corrected chi connectivity index (χ0v) is 9.88. The van der Waals surface area contributed by atoms with Gasteiger partial charge in [-0.25, -0.2) is 0 Å². The van der Waals surface area contributed by atoms with Crippen LogP contribution in [0.15, 0.2) is 30.3 Å². The van der Waals surface area contributed by atoms with Gasteiger partial charge in [-0.3, -0.25) is 0 Å². The van der Waals surface area contributed by atoms with Crippen LogP contribution in [-0.4, -0.2) is 11.3 Å². The molecule has 0 spiro atoms. The molecular weight excluding hydrogens is 257 g/mol. The number of hydrogen-bond acceptors (Lipinski definition) is 2. The van der Waals surface area contributed by atoms with E-state index >= 15 is 0 Å². The minimum absolute atomic E-state index is 0.296. The first kappa shape index (κ1) is 13.0. The van der Waals surface area contributed by atoms with E-state index in [-0.39, 0.29) is 5.75 Å². The summed E-state index contributed by atoms with van der Waals surface area (Å²) in [5.74, 6) is -0.296. The standard InChI is InChI=1S/C13H9F3N2O/c1-8-10(7-17)6-12(18-8)9-3-2-4-11(5-9)19-13(14,15)16/h2-6,18H,1H3. The van der Waals surface area contributed by atoms with E-state index in [0.29, 0.717) is 22.5 Å². The summed E-state index contributed by atoms with van der Waals surface area (Å²) in [5, 5.41) is 8.84. The highest BCUT2D eigenvalue weighted by Crippen LogP contribution is 2.28. The number of nitrogens with one attached hydrogen (secondary N) is 1. The lowest BCUT2D eigenvalue weighted by atomic mass is 10.1. The highest BCUT2D eigenvalue weighted by Gasteiger charge is 2.31. The van der Waals surface area contributed by atoms with Crippen molar-refractivity contribution in [2.45, 2.75) is 13.3 Å². The third-order valence-corrected chi connectivity index (χ3v) is 2.51. The maximum atomic E-state index is 12.1. The summed E-state index contributed by atoms with van der Waals surface area (Å²) in [4.78, 5) is 2.94. The first-order chi connectivity index (χ1) is 8.89. The van der Waals surface area contributed by atoms with Gasteiger partial charge in [-0.15, -0.1) is 13.2 Å². The molecule has 0 radical (unpaired) electrons.